The molecule has 1 aromatic heterocycles. The summed E-state index contributed by atoms with van der Waals surface area (Å²) in [4.78, 5) is 16.3. The van der Waals surface area contributed by atoms with Gasteiger partial charge in [0.15, 0.2) is 5.03 Å². The van der Waals surface area contributed by atoms with Gasteiger partial charge in [0.1, 0.15) is 12.4 Å². The molecule has 1 aromatic carbocycles. The van der Waals surface area contributed by atoms with Gasteiger partial charge in [-0.1, -0.05) is 5.17 Å². The van der Waals surface area contributed by atoms with Crippen molar-refractivity contribution in [3.05, 3.63) is 48.2 Å². The Morgan fingerprint density at radius 2 is 1.89 bits per heavy atom. The molecule has 2 aromatic rings. The summed E-state index contributed by atoms with van der Waals surface area (Å²) in [6, 6.07) is 8.87. The summed E-state index contributed by atoms with van der Waals surface area (Å²) in [5.74, 6) is 0.363. The molecule has 35 heavy (non-hydrogen) atoms. The monoisotopic (exact) mass is 531 g/mol. The highest BCUT2D eigenvalue weighted by Crippen LogP contribution is 2.28. The Morgan fingerprint density at radius 3 is 2.51 bits per heavy atom. The number of ether oxygens (including phenoxy) is 2. The first-order chi connectivity index (χ1) is 16.3. The van der Waals surface area contributed by atoms with E-state index in [9.17, 15) is 22.8 Å². The summed E-state index contributed by atoms with van der Waals surface area (Å²) < 4.78 is 48.4. The average molecular weight is 532 g/mol. The van der Waals surface area contributed by atoms with Gasteiger partial charge in [0.25, 0.3) is 0 Å². The predicted octanol–water partition coefficient (Wildman–Crippen LogP) is 3.50. The van der Waals surface area contributed by atoms with Crippen molar-refractivity contribution in [2.45, 2.75) is 54.7 Å². The summed E-state index contributed by atoms with van der Waals surface area (Å²) in [6.07, 6.45) is 4.79. The van der Waals surface area contributed by atoms with Crippen LogP contribution in [0, 0.1) is 5.92 Å². The van der Waals surface area contributed by atoms with Crippen LogP contribution in [0.2, 0.25) is 0 Å². The number of hydrazine groups is 1. The molecule has 12 heteroatoms. The molecule has 3 rings (SSSR count). The summed E-state index contributed by atoms with van der Waals surface area (Å²) in [7, 11) is -2.37. The molecule has 0 unspecified atom stereocenters. The number of hydrogen-bond donors (Lipinski definition) is 2. The Labute approximate surface area is 210 Å². The Kier molecular flexibility index (Phi) is 11.3. The first-order valence-electron chi connectivity index (χ1n) is 11.1. The highest BCUT2D eigenvalue weighted by Gasteiger charge is 2.24. The highest BCUT2D eigenvalue weighted by atomic mass is 35.5. The van der Waals surface area contributed by atoms with Gasteiger partial charge in [-0.15, -0.1) is 12.4 Å². The van der Waals surface area contributed by atoms with Crippen LogP contribution in [0.1, 0.15) is 37.7 Å². The fourth-order valence-electron chi connectivity index (χ4n) is 3.95. The van der Waals surface area contributed by atoms with Crippen LogP contribution in [-0.4, -0.2) is 56.2 Å². The molecule has 194 valence electrons. The molecule has 1 fully saturated rings. The molecule has 9 nitrogen and oxygen atoms in total. The molecule has 1 amide bonds. The number of benzene rings is 1. The number of amides is 1. The minimum Gasteiger partial charge on any atom is -0.497 e. The van der Waals surface area contributed by atoms with Crippen LogP contribution >= 0.6 is 12.4 Å². The van der Waals surface area contributed by atoms with Gasteiger partial charge < -0.3 is 9.47 Å². The Hall–Kier alpha value is -2.31. The normalized spacial score (nSPS) is 18.1. The number of carbonyl (C=O) groups excluding carboxylic acids is 1. The van der Waals surface area contributed by atoms with Crippen molar-refractivity contribution in [1.82, 2.24) is 15.6 Å². The molecule has 0 saturated heterocycles. The van der Waals surface area contributed by atoms with E-state index in [0.717, 1.165) is 25.7 Å². The van der Waals surface area contributed by atoms with Gasteiger partial charge in [0, 0.05) is 12.6 Å². The maximum absolute atomic E-state index is 12.9. The second-order valence-electron chi connectivity index (χ2n) is 8.18. The van der Waals surface area contributed by atoms with Crippen LogP contribution in [0.4, 0.5) is 4.39 Å². The third-order valence-corrected chi connectivity index (χ3v) is 7.40. The van der Waals surface area contributed by atoms with E-state index >= 15 is 0 Å². The third kappa shape index (κ3) is 8.39. The van der Waals surface area contributed by atoms with Crippen LogP contribution in [0.3, 0.4) is 0 Å². The Balaban J connectivity index is 0.00000432. The lowest BCUT2D eigenvalue weighted by molar-refractivity contribution is -0.166. The number of nitrogens with one attached hydrogen (secondary N) is 1. The van der Waals surface area contributed by atoms with Crippen molar-refractivity contribution >= 4 is 28.2 Å². The molecule has 0 aliphatic heterocycles. The van der Waals surface area contributed by atoms with E-state index in [1.807, 2.05) is 0 Å². The van der Waals surface area contributed by atoms with Crippen molar-refractivity contribution in [3.63, 3.8) is 0 Å². The summed E-state index contributed by atoms with van der Waals surface area (Å²) in [5, 5.41) is 10.6. The van der Waals surface area contributed by atoms with Crippen molar-refractivity contribution < 1.29 is 32.3 Å². The maximum Gasteiger partial charge on any atom is 0.236 e. The van der Waals surface area contributed by atoms with Crippen molar-refractivity contribution in [3.8, 4) is 5.75 Å². The standard InChI is InChI=1S/C23H30FN3O6S.ClH/c1-32-19-6-8-21(9-7-19)34(30,31)23-15-18(10-12-25-23)16-27(29)26-22(28)14-17-2-4-20(5-3-17)33-13-11-24;/h6-10,12,15,17,20,29H,2-5,11,13-14,16H2,1H3,(H,26,28);1H/t17-,20-;. The van der Waals surface area contributed by atoms with Gasteiger partial charge in [0.2, 0.25) is 15.7 Å². The lowest BCUT2D eigenvalue weighted by atomic mass is 9.85. The third-order valence-electron chi connectivity index (χ3n) is 5.73. The SMILES string of the molecule is COc1ccc(S(=O)(=O)c2cc(CN(O)NC(=O)C[C@H]3CC[C@H](OCCF)CC3)ccn2)cc1.Cl. The fourth-order valence-corrected chi connectivity index (χ4v) is 5.19. The Bertz CT molecular complexity index is 1050. The molecular weight excluding hydrogens is 501 g/mol. The lowest BCUT2D eigenvalue weighted by Gasteiger charge is -2.28. The van der Waals surface area contributed by atoms with E-state index in [1.54, 1.807) is 18.2 Å². The number of carbonyl (C=O) groups is 1. The number of methoxy groups -OCH3 is 1. The van der Waals surface area contributed by atoms with Gasteiger partial charge in [-0.25, -0.2) is 17.8 Å². The van der Waals surface area contributed by atoms with E-state index in [1.165, 1.54) is 31.5 Å². The van der Waals surface area contributed by atoms with Gasteiger partial charge in [-0.2, -0.15) is 0 Å². The van der Waals surface area contributed by atoms with Crippen molar-refractivity contribution in [1.29, 1.82) is 0 Å². The minimum atomic E-state index is -3.86. The topological polar surface area (TPSA) is 118 Å². The maximum atomic E-state index is 12.9. The number of alkyl halides is 1. The number of rotatable bonds is 11. The van der Waals surface area contributed by atoms with Gasteiger partial charge >= 0.3 is 0 Å². The zero-order valence-electron chi connectivity index (χ0n) is 19.4. The number of hydroxylamine groups is 1. The molecule has 1 aliphatic carbocycles. The molecular formula is C23H31ClFN3O6S. The van der Waals surface area contributed by atoms with E-state index in [4.69, 9.17) is 9.47 Å². The molecule has 1 saturated carbocycles. The molecule has 0 radical (unpaired) electrons. The van der Waals surface area contributed by atoms with Crippen LogP contribution in [0.5, 0.6) is 5.75 Å². The zero-order valence-corrected chi connectivity index (χ0v) is 21.1. The van der Waals surface area contributed by atoms with E-state index in [0.29, 0.717) is 16.5 Å². The highest BCUT2D eigenvalue weighted by molar-refractivity contribution is 7.91. The van der Waals surface area contributed by atoms with Gasteiger partial charge in [-0.3, -0.25) is 15.4 Å². The number of nitrogens with zero attached hydrogens (tertiary/aromatic N) is 2. The molecule has 0 atom stereocenters. The second kappa shape index (κ2) is 13.7. The van der Waals surface area contributed by atoms with Crippen LogP contribution in [0.25, 0.3) is 0 Å². The van der Waals surface area contributed by atoms with E-state index in [2.05, 4.69) is 10.4 Å². The number of aromatic nitrogens is 1. The molecule has 1 heterocycles. The van der Waals surface area contributed by atoms with Gasteiger partial charge in [0.05, 0.1) is 31.3 Å². The van der Waals surface area contributed by atoms with E-state index < -0.39 is 16.5 Å². The van der Waals surface area contributed by atoms with Crippen LogP contribution < -0.4 is 10.2 Å². The van der Waals surface area contributed by atoms with Crippen LogP contribution in [-0.2, 0) is 25.9 Å². The minimum absolute atomic E-state index is 0. The zero-order chi connectivity index (χ0) is 24.6. The average Bonchev–Trinajstić information content (AvgIpc) is 2.83. The molecule has 1 aliphatic rings. The van der Waals surface area contributed by atoms with Crippen molar-refractivity contribution in [2.24, 2.45) is 5.92 Å². The largest absolute Gasteiger partial charge is 0.497 e. The Morgan fingerprint density at radius 1 is 1.20 bits per heavy atom. The predicted molar refractivity (Wildman–Crippen MR) is 128 cm³/mol. The summed E-state index contributed by atoms with van der Waals surface area (Å²) in [5.41, 5.74) is 2.86. The number of halogens is 2. The van der Waals surface area contributed by atoms with Gasteiger partial charge in [-0.05, 0) is 73.6 Å². The molecule has 0 bridgehead atoms. The number of hydrogen-bond acceptors (Lipinski definition) is 8. The fraction of sp³-hybridized carbons (Fsp3) is 0.478. The smallest absolute Gasteiger partial charge is 0.236 e. The molecule has 2 N–H and O–H groups in total. The first kappa shape index (κ1) is 28.9. The lowest BCUT2D eigenvalue weighted by Crippen LogP contribution is -2.40. The summed E-state index contributed by atoms with van der Waals surface area (Å²) in [6.45, 7) is -0.516. The quantitative estimate of drug-likeness (QED) is 0.423. The van der Waals surface area contributed by atoms with Crippen LogP contribution in [0.15, 0.2) is 52.5 Å². The second-order valence-corrected chi connectivity index (χ2v) is 10.1. The number of sulfone groups is 1. The van der Waals surface area contributed by atoms with Crippen molar-refractivity contribution in [2.75, 3.05) is 20.4 Å². The van der Waals surface area contributed by atoms with E-state index in [-0.39, 0.29) is 59.8 Å². The number of pyridine rings is 1. The molecule has 0 spiro atoms. The first-order valence-corrected chi connectivity index (χ1v) is 12.6. The summed E-state index contributed by atoms with van der Waals surface area (Å²) >= 11 is 0.